The maximum absolute atomic E-state index is 13.8. The van der Waals surface area contributed by atoms with Crippen LogP contribution in [0.4, 0.5) is 8.78 Å². The lowest BCUT2D eigenvalue weighted by Crippen LogP contribution is -2.37. The zero-order chi connectivity index (χ0) is 13.9. The predicted octanol–water partition coefficient (Wildman–Crippen LogP) is 2.73. The van der Waals surface area contributed by atoms with Gasteiger partial charge in [0.15, 0.2) is 0 Å². The molecular formula is C14H21F2NO. The fraction of sp³-hybridized carbons (Fsp3) is 0.571. The SMILES string of the molecule is Cc1cc(F)c(C(C)(O)CNCC(C)C)cc1F. The topological polar surface area (TPSA) is 32.3 Å². The molecule has 0 aliphatic rings. The van der Waals surface area contributed by atoms with Gasteiger partial charge in [-0.25, -0.2) is 8.78 Å². The van der Waals surface area contributed by atoms with Crippen molar-refractivity contribution < 1.29 is 13.9 Å². The Kier molecular flexibility index (Phi) is 4.82. The van der Waals surface area contributed by atoms with Crippen molar-refractivity contribution in [2.45, 2.75) is 33.3 Å². The van der Waals surface area contributed by atoms with Gasteiger partial charge in [0.2, 0.25) is 0 Å². The molecule has 0 fully saturated rings. The summed E-state index contributed by atoms with van der Waals surface area (Å²) in [5.74, 6) is -0.652. The van der Waals surface area contributed by atoms with Crippen molar-refractivity contribution in [3.63, 3.8) is 0 Å². The van der Waals surface area contributed by atoms with Crippen LogP contribution in [0.15, 0.2) is 12.1 Å². The summed E-state index contributed by atoms with van der Waals surface area (Å²) in [6.45, 7) is 7.94. The maximum Gasteiger partial charge on any atom is 0.129 e. The lowest BCUT2D eigenvalue weighted by Gasteiger charge is -2.25. The molecule has 18 heavy (non-hydrogen) atoms. The summed E-state index contributed by atoms with van der Waals surface area (Å²) < 4.78 is 27.2. The maximum atomic E-state index is 13.8. The average molecular weight is 257 g/mol. The molecule has 0 spiro atoms. The highest BCUT2D eigenvalue weighted by Crippen LogP contribution is 2.25. The van der Waals surface area contributed by atoms with Crippen molar-refractivity contribution in [1.29, 1.82) is 0 Å². The summed E-state index contributed by atoms with van der Waals surface area (Å²) in [4.78, 5) is 0. The number of halogens is 2. The standard InChI is InChI=1S/C14H21F2NO/c1-9(2)7-17-8-14(4,18)11-6-12(15)10(3)5-13(11)16/h5-6,9,17-18H,7-8H2,1-4H3. The smallest absolute Gasteiger partial charge is 0.129 e. The molecule has 0 saturated heterocycles. The lowest BCUT2D eigenvalue weighted by atomic mass is 9.94. The number of hydrogen-bond acceptors (Lipinski definition) is 2. The largest absolute Gasteiger partial charge is 0.384 e. The highest BCUT2D eigenvalue weighted by molar-refractivity contribution is 5.29. The molecule has 0 aliphatic heterocycles. The molecule has 0 bridgehead atoms. The molecular weight excluding hydrogens is 236 g/mol. The van der Waals surface area contributed by atoms with E-state index in [1.165, 1.54) is 13.8 Å². The van der Waals surface area contributed by atoms with E-state index in [0.717, 1.165) is 12.1 Å². The average Bonchev–Trinajstić information content (AvgIpc) is 2.22. The van der Waals surface area contributed by atoms with E-state index in [1.54, 1.807) is 0 Å². The second-order valence-electron chi connectivity index (χ2n) is 5.38. The molecule has 2 nitrogen and oxygen atoms in total. The van der Waals surface area contributed by atoms with Gasteiger partial charge in [-0.05, 0) is 44.0 Å². The second kappa shape index (κ2) is 5.76. The van der Waals surface area contributed by atoms with Crippen LogP contribution in [0.2, 0.25) is 0 Å². The third-order valence-corrected chi connectivity index (χ3v) is 2.85. The van der Waals surface area contributed by atoms with Crippen LogP contribution in [0.25, 0.3) is 0 Å². The van der Waals surface area contributed by atoms with Gasteiger partial charge < -0.3 is 10.4 Å². The van der Waals surface area contributed by atoms with Crippen molar-refractivity contribution in [3.8, 4) is 0 Å². The highest BCUT2D eigenvalue weighted by atomic mass is 19.1. The first-order valence-corrected chi connectivity index (χ1v) is 6.13. The van der Waals surface area contributed by atoms with E-state index in [4.69, 9.17) is 0 Å². The van der Waals surface area contributed by atoms with Crippen molar-refractivity contribution in [2.24, 2.45) is 5.92 Å². The minimum atomic E-state index is -1.42. The van der Waals surface area contributed by atoms with Crippen LogP contribution in [0.3, 0.4) is 0 Å². The van der Waals surface area contributed by atoms with E-state index in [0.29, 0.717) is 12.5 Å². The van der Waals surface area contributed by atoms with Crippen LogP contribution < -0.4 is 5.32 Å². The second-order valence-corrected chi connectivity index (χ2v) is 5.38. The lowest BCUT2D eigenvalue weighted by molar-refractivity contribution is 0.0523. The van der Waals surface area contributed by atoms with Crippen molar-refractivity contribution in [1.82, 2.24) is 5.32 Å². The molecule has 102 valence electrons. The molecule has 1 atom stereocenters. The summed E-state index contributed by atoms with van der Waals surface area (Å²) in [6.07, 6.45) is 0. The summed E-state index contributed by atoms with van der Waals surface area (Å²) in [7, 11) is 0. The van der Waals surface area contributed by atoms with Crippen LogP contribution in [-0.4, -0.2) is 18.2 Å². The van der Waals surface area contributed by atoms with Crippen LogP contribution in [-0.2, 0) is 5.60 Å². The Morgan fingerprint density at radius 3 is 2.44 bits per heavy atom. The normalized spacial score (nSPS) is 14.9. The number of rotatable bonds is 5. The summed E-state index contributed by atoms with van der Waals surface area (Å²) >= 11 is 0. The molecule has 1 aromatic rings. The van der Waals surface area contributed by atoms with Gasteiger partial charge in [0.05, 0.1) is 0 Å². The van der Waals surface area contributed by atoms with Crippen LogP contribution in [0.5, 0.6) is 0 Å². The number of aryl methyl sites for hydroxylation is 1. The molecule has 0 amide bonds. The number of nitrogens with one attached hydrogen (secondary N) is 1. The summed E-state index contributed by atoms with van der Waals surface area (Å²) in [6, 6.07) is 2.18. The van der Waals surface area contributed by atoms with Crippen molar-refractivity contribution >= 4 is 0 Å². The van der Waals surface area contributed by atoms with E-state index >= 15 is 0 Å². The van der Waals surface area contributed by atoms with Gasteiger partial charge in [0.1, 0.15) is 17.2 Å². The third-order valence-electron chi connectivity index (χ3n) is 2.85. The van der Waals surface area contributed by atoms with Crippen molar-refractivity contribution in [3.05, 3.63) is 34.9 Å². The van der Waals surface area contributed by atoms with E-state index < -0.39 is 17.2 Å². The van der Waals surface area contributed by atoms with Gasteiger partial charge in [-0.3, -0.25) is 0 Å². The van der Waals surface area contributed by atoms with Gasteiger partial charge >= 0.3 is 0 Å². The summed E-state index contributed by atoms with van der Waals surface area (Å²) in [5.41, 5.74) is -1.20. The molecule has 4 heteroatoms. The molecule has 2 N–H and O–H groups in total. The third kappa shape index (κ3) is 3.75. The predicted molar refractivity (Wildman–Crippen MR) is 68.4 cm³/mol. The Morgan fingerprint density at radius 1 is 1.28 bits per heavy atom. The fourth-order valence-corrected chi connectivity index (χ4v) is 1.76. The number of aliphatic hydroxyl groups is 1. The Hall–Kier alpha value is -1.00. The first-order chi connectivity index (χ1) is 8.24. The Balaban J connectivity index is 2.87. The zero-order valence-corrected chi connectivity index (χ0v) is 11.3. The van der Waals surface area contributed by atoms with Gasteiger partial charge in [0, 0.05) is 12.1 Å². The molecule has 1 rings (SSSR count). The minimum absolute atomic E-state index is 0.0122. The first-order valence-electron chi connectivity index (χ1n) is 6.13. The Labute approximate surface area is 107 Å². The van der Waals surface area contributed by atoms with E-state index in [9.17, 15) is 13.9 Å². The van der Waals surface area contributed by atoms with E-state index in [-0.39, 0.29) is 17.7 Å². The highest BCUT2D eigenvalue weighted by Gasteiger charge is 2.27. The number of benzene rings is 1. The van der Waals surface area contributed by atoms with Crippen molar-refractivity contribution in [2.75, 3.05) is 13.1 Å². The first kappa shape index (κ1) is 15.1. The van der Waals surface area contributed by atoms with Crippen LogP contribution in [0.1, 0.15) is 31.9 Å². The molecule has 0 aliphatic carbocycles. The van der Waals surface area contributed by atoms with Crippen LogP contribution in [0, 0.1) is 24.5 Å². The molecule has 0 aromatic heterocycles. The van der Waals surface area contributed by atoms with E-state index in [2.05, 4.69) is 5.32 Å². The molecule has 0 radical (unpaired) electrons. The minimum Gasteiger partial charge on any atom is -0.384 e. The fourth-order valence-electron chi connectivity index (χ4n) is 1.76. The van der Waals surface area contributed by atoms with Gasteiger partial charge in [-0.1, -0.05) is 13.8 Å². The number of hydrogen-bond donors (Lipinski definition) is 2. The summed E-state index contributed by atoms with van der Waals surface area (Å²) in [5, 5.41) is 13.3. The zero-order valence-electron chi connectivity index (χ0n) is 11.3. The van der Waals surface area contributed by atoms with Gasteiger partial charge in [-0.15, -0.1) is 0 Å². The Morgan fingerprint density at radius 2 is 1.89 bits per heavy atom. The van der Waals surface area contributed by atoms with Crippen LogP contribution >= 0.6 is 0 Å². The molecule has 1 unspecified atom stereocenters. The molecule has 0 saturated carbocycles. The quantitative estimate of drug-likeness (QED) is 0.850. The van der Waals surface area contributed by atoms with Gasteiger partial charge in [0.25, 0.3) is 0 Å². The van der Waals surface area contributed by atoms with Gasteiger partial charge in [-0.2, -0.15) is 0 Å². The monoisotopic (exact) mass is 257 g/mol. The molecule has 1 aromatic carbocycles. The molecule has 0 heterocycles. The Bertz CT molecular complexity index is 417. The van der Waals surface area contributed by atoms with E-state index in [1.807, 2.05) is 13.8 Å².